The van der Waals surface area contributed by atoms with Gasteiger partial charge in [-0.2, -0.15) is 0 Å². The molecule has 0 saturated heterocycles. The van der Waals surface area contributed by atoms with Crippen molar-refractivity contribution in [3.05, 3.63) is 26.3 Å². The maximum Gasteiger partial charge on any atom is 0.339 e. The summed E-state index contributed by atoms with van der Waals surface area (Å²) < 4.78 is 10.4. The fourth-order valence-electron chi connectivity index (χ4n) is 0.951. The third kappa shape index (κ3) is 2.30. The van der Waals surface area contributed by atoms with E-state index in [1.807, 2.05) is 0 Å². The Balaban J connectivity index is 3.21. The van der Waals surface area contributed by atoms with Gasteiger partial charge in [0.15, 0.2) is 0 Å². The monoisotopic (exact) mass is 326 g/mol. The first-order valence-corrected chi connectivity index (χ1v) is 5.17. The average molecular weight is 327 g/mol. The van der Waals surface area contributed by atoms with E-state index >= 15 is 0 Å². The molecule has 14 heavy (non-hydrogen) atoms. The highest BCUT2D eigenvalue weighted by Gasteiger charge is 2.13. The van der Waals surface area contributed by atoms with Crippen molar-refractivity contribution >= 4 is 40.2 Å². The summed E-state index contributed by atoms with van der Waals surface area (Å²) in [6.45, 7) is 0. The van der Waals surface area contributed by atoms with Gasteiger partial charge >= 0.3 is 5.97 Å². The summed E-state index contributed by atoms with van der Waals surface area (Å²) >= 11 is 7.93. The summed E-state index contributed by atoms with van der Waals surface area (Å²) in [5.74, 6) is 0.193. The topological polar surface area (TPSA) is 35.5 Å². The van der Waals surface area contributed by atoms with Crippen LogP contribution in [0.5, 0.6) is 5.75 Å². The van der Waals surface area contributed by atoms with E-state index in [1.165, 1.54) is 7.11 Å². The van der Waals surface area contributed by atoms with Crippen LogP contribution in [-0.2, 0) is 4.74 Å². The SMILES string of the molecule is COC(=O)c1cc(I)c(OC)cc1Cl. The zero-order valence-electron chi connectivity index (χ0n) is 7.64. The largest absolute Gasteiger partial charge is 0.496 e. The Labute approximate surface area is 100 Å². The van der Waals surface area contributed by atoms with Crippen molar-refractivity contribution in [1.82, 2.24) is 0 Å². The van der Waals surface area contributed by atoms with Crippen LogP contribution >= 0.6 is 34.2 Å². The molecular weight excluding hydrogens is 318 g/mol. The molecule has 0 fully saturated rings. The number of ether oxygens (including phenoxy) is 2. The van der Waals surface area contributed by atoms with Gasteiger partial charge in [-0.15, -0.1) is 0 Å². The first-order chi connectivity index (χ1) is 6.60. The number of halogens is 2. The Morgan fingerprint density at radius 3 is 2.57 bits per heavy atom. The second-order valence-corrected chi connectivity index (χ2v) is 4.03. The Morgan fingerprint density at radius 2 is 2.07 bits per heavy atom. The van der Waals surface area contributed by atoms with Gasteiger partial charge in [0.05, 0.1) is 28.4 Å². The number of carbonyl (C=O) groups excluding carboxylic acids is 1. The van der Waals surface area contributed by atoms with Crippen LogP contribution in [0.25, 0.3) is 0 Å². The van der Waals surface area contributed by atoms with E-state index in [4.69, 9.17) is 16.3 Å². The molecule has 0 aliphatic heterocycles. The van der Waals surface area contributed by atoms with E-state index in [-0.39, 0.29) is 0 Å². The number of hydrogen-bond donors (Lipinski definition) is 0. The summed E-state index contributed by atoms with van der Waals surface area (Å²) in [6, 6.07) is 3.23. The summed E-state index contributed by atoms with van der Waals surface area (Å²) in [5.41, 5.74) is 0.347. The molecular formula is C9H8ClIO3. The lowest BCUT2D eigenvalue weighted by atomic mass is 10.2. The highest BCUT2D eigenvalue weighted by atomic mass is 127. The van der Waals surface area contributed by atoms with E-state index < -0.39 is 5.97 Å². The van der Waals surface area contributed by atoms with E-state index in [2.05, 4.69) is 27.3 Å². The van der Waals surface area contributed by atoms with Gasteiger partial charge in [0.2, 0.25) is 0 Å². The minimum Gasteiger partial charge on any atom is -0.496 e. The van der Waals surface area contributed by atoms with Crippen LogP contribution in [0.3, 0.4) is 0 Å². The summed E-state index contributed by atoms with van der Waals surface area (Å²) in [6.07, 6.45) is 0. The first-order valence-electron chi connectivity index (χ1n) is 3.71. The minimum atomic E-state index is -0.449. The summed E-state index contributed by atoms with van der Waals surface area (Å²) in [4.78, 5) is 11.2. The van der Waals surface area contributed by atoms with Crippen molar-refractivity contribution in [2.75, 3.05) is 14.2 Å². The van der Waals surface area contributed by atoms with Gasteiger partial charge in [-0.1, -0.05) is 11.6 Å². The van der Waals surface area contributed by atoms with Gasteiger partial charge in [-0.25, -0.2) is 4.79 Å². The molecule has 0 atom stereocenters. The Hall–Kier alpha value is -0.490. The number of methoxy groups -OCH3 is 2. The maximum atomic E-state index is 11.2. The fourth-order valence-corrected chi connectivity index (χ4v) is 1.87. The molecule has 0 saturated carbocycles. The predicted molar refractivity (Wildman–Crippen MR) is 62.1 cm³/mol. The standard InChI is InChI=1S/C9H8ClIO3/c1-13-8-4-6(10)5(3-7(8)11)9(12)14-2/h3-4H,1-2H3. The Bertz CT molecular complexity index is 365. The molecule has 1 aromatic carbocycles. The van der Waals surface area contributed by atoms with Gasteiger partial charge < -0.3 is 9.47 Å². The van der Waals surface area contributed by atoms with Crippen LogP contribution in [0.1, 0.15) is 10.4 Å². The highest BCUT2D eigenvalue weighted by Crippen LogP contribution is 2.28. The van der Waals surface area contributed by atoms with Crippen LogP contribution in [0.15, 0.2) is 12.1 Å². The molecule has 0 unspecified atom stereocenters. The van der Waals surface area contributed by atoms with Gasteiger partial charge in [-0.05, 0) is 28.7 Å². The molecule has 0 N–H and O–H groups in total. The van der Waals surface area contributed by atoms with Gasteiger partial charge in [0.1, 0.15) is 5.75 Å². The van der Waals surface area contributed by atoms with E-state index in [0.717, 1.165) is 3.57 Å². The molecule has 0 aromatic heterocycles. The van der Waals surface area contributed by atoms with Crippen molar-refractivity contribution < 1.29 is 14.3 Å². The van der Waals surface area contributed by atoms with Crippen LogP contribution in [-0.4, -0.2) is 20.2 Å². The molecule has 0 amide bonds. The number of rotatable bonds is 2. The number of esters is 1. The van der Waals surface area contributed by atoms with E-state index in [9.17, 15) is 4.79 Å². The maximum absolute atomic E-state index is 11.2. The molecule has 0 radical (unpaired) electrons. The highest BCUT2D eigenvalue weighted by molar-refractivity contribution is 14.1. The predicted octanol–water partition coefficient (Wildman–Crippen LogP) is 2.74. The zero-order valence-corrected chi connectivity index (χ0v) is 10.5. The Kier molecular flexibility index (Phi) is 4.00. The molecule has 0 heterocycles. The summed E-state index contributed by atoms with van der Waals surface area (Å²) in [7, 11) is 2.86. The molecule has 0 spiro atoms. The smallest absolute Gasteiger partial charge is 0.339 e. The van der Waals surface area contributed by atoms with Crippen molar-refractivity contribution in [2.45, 2.75) is 0 Å². The molecule has 0 bridgehead atoms. The third-order valence-electron chi connectivity index (χ3n) is 1.65. The van der Waals surface area contributed by atoms with Crippen LogP contribution in [0.4, 0.5) is 0 Å². The van der Waals surface area contributed by atoms with Crippen molar-refractivity contribution in [2.24, 2.45) is 0 Å². The fraction of sp³-hybridized carbons (Fsp3) is 0.222. The quantitative estimate of drug-likeness (QED) is 0.619. The van der Waals surface area contributed by atoms with Gasteiger partial charge in [-0.3, -0.25) is 0 Å². The van der Waals surface area contributed by atoms with Gasteiger partial charge in [0.25, 0.3) is 0 Å². The lowest BCUT2D eigenvalue weighted by Crippen LogP contribution is -2.03. The molecule has 3 nitrogen and oxygen atoms in total. The minimum absolute atomic E-state index is 0.328. The molecule has 1 aromatic rings. The molecule has 0 aliphatic rings. The lowest BCUT2D eigenvalue weighted by Gasteiger charge is -2.07. The zero-order chi connectivity index (χ0) is 10.7. The summed E-state index contributed by atoms with van der Waals surface area (Å²) in [5, 5.41) is 0.328. The molecule has 1 rings (SSSR count). The molecule has 5 heteroatoms. The van der Waals surface area contributed by atoms with Gasteiger partial charge in [0, 0.05) is 6.07 Å². The number of hydrogen-bond acceptors (Lipinski definition) is 3. The van der Waals surface area contributed by atoms with E-state index in [1.54, 1.807) is 19.2 Å². The second-order valence-electron chi connectivity index (χ2n) is 2.46. The number of benzene rings is 1. The molecule has 0 aliphatic carbocycles. The normalized spacial score (nSPS) is 9.71. The Morgan fingerprint density at radius 1 is 1.43 bits per heavy atom. The van der Waals surface area contributed by atoms with E-state index in [0.29, 0.717) is 16.3 Å². The van der Waals surface area contributed by atoms with Crippen molar-refractivity contribution in [1.29, 1.82) is 0 Å². The lowest BCUT2D eigenvalue weighted by molar-refractivity contribution is 0.0601. The van der Waals surface area contributed by atoms with Crippen LogP contribution in [0, 0.1) is 3.57 Å². The van der Waals surface area contributed by atoms with Crippen LogP contribution < -0.4 is 4.74 Å². The first kappa shape index (κ1) is 11.6. The van der Waals surface area contributed by atoms with Crippen molar-refractivity contribution in [3.8, 4) is 5.75 Å². The second kappa shape index (κ2) is 4.84. The third-order valence-corrected chi connectivity index (χ3v) is 2.80. The average Bonchev–Trinajstić information content (AvgIpc) is 2.19. The van der Waals surface area contributed by atoms with Crippen LogP contribution in [0.2, 0.25) is 5.02 Å². The number of carbonyl (C=O) groups is 1. The molecule has 76 valence electrons. The van der Waals surface area contributed by atoms with Crippen molar-refractivity contribution in [3.63, 3.8) is 0 Å².